The molecule has 0 bridgehead atoms. The third kappa shape index (κ3) is 3.38. The van der Waals surface area contributed by atoms with E-state index in [1.807, 2.05) is 44.2 Å². The Hall–Kier alpha value is 0.0400. The molecule has 0 aliphatic carbocycles. The first kappa shape index (κ1) is 15.4. The SMILES string of the molecule is Cc1cc(C(Cl)c2ccc(I)c(Cl)c2)c(C)cc1Cl. The van der Waals surface area contributed by atoms with Gasteiger partial charge >= 0.3 is 0 Å². The van der Waals surface area contributed by atoms with Crippen LogP contribution in [0, 0.1) is 17.4 Å². The third-order valence-electron chi connectivity index (χ3n) is 3.06. The lowest BCUT2D eigenvalue weighted by Gasteiger charge is -2.15. The molecule has 0 saturated carbocycles. The number of hydrogen-bond donors (Lipinski definition) is 0. The van der Waals surface area contributed by atoms with Crippen molar-refractivity contribution < 1.29 is 0 Å². The van der Waals surface area contributed by atoms with Gasteiger partial charge in [0.1, 0.15) is 0 Å². The summed E-state index contributed by atoms with van der Waals surface area (Å²) < 4.78 is 1.02. The molecule has 0 amide bonds. The van der Waals surface area contributed by atoms with Crippen LogP contribution in [0.4, 0.5) is 0 Å². The lowest BCUT2D eigenvalue weighted by molar-refractivity contribution is 1.10. The molecule has 4 heteroatoms. The number of hydrogen-bond acceptors (Lipinski definition) is 0. The Morgan fingerprint density at radius 1 is 0.947 bits per heavy atom. The number of benzene rings is 2. The predicted molar refractivity (Wildman–Crippen MR) is 92.8 cm³/mol. The maximum absolute atomic E-state index is 6.58. The molecule has 0 aliphatic heterocycles. The molecule has 0 fully saturated rings. The van der Waals surface area contributed by atoms with E-state index >= 15 is 0 Å². The Morgan fingerprint density at radius 2 is 1.63 bits per heavy atom. The van der Waals surface area contributed by atoms with Crippen LogP contribution in [0.3, 0.4) is 0 Å². The Balaban J connectivity index is 2.46. The van der Waals surface area contributed by atoms with Gasteiger partial charge in [0.2, 0.25) is 0 Å². The zero-order chi connectivity index (χ0) is 14.2. The second-order valence-electron chi connectivity index (χ2n) is 4.49. The van der Waals surface area contributed by atoms with E-state index in [0.717, 1.165) is 35.9 Å². The highest BCUT2D eigenvalue weighted by Gasteiger charge is 2.15. The van der Waals surface area contributed by atoms with E-state index < -0.39 is 0 Å². The van der Waals surface area contributed by atoms with Crippen molar-refractivity contribution in [2.24, 2.45) is 0 Å². The zero-order valence-electron chi connectivity index (χ0n) is 10.5. The van der Waals surface area contributed by atoms with Crippen molar-refractivity contribution in [3.63, 3.8) is 0 Å². The first-order chi connectivity index (χ1) is 8.90. The average Bonchev–Trinajstić information content (AvgIpc) is 2.36. The number of rotatable bonds is 2. The van der Waals surface area contributed by atoms with Crippen LogP contribution >= 0.6 is 57.4 Å². The second kappa shape index (κ2) is 6.21. The Kier molecular flexibility index (Phi) is 5.04. The van der Waals surface area contributed by atoms with Gasteiger partial charge in [0.05, 0.1) is 10.4 Å². The molecule has 19 heavy (non-hydrogen) atoms. The second-order valence-corrected chi connectivity index (χ2v) is 6.91. The van der Waals surface area contributed by atoms with Crippen LogP contribution in [0.5, 0.6) is 0 Å². The maximum Gasteiger partial charge on any atom is 0.0838 e. The summed E-state index contributed by atoms with van der Waals surface area (Å²) in [4.78, 5) is 0. The largest absolute Gasteiger partial charge is 0.113 e. The minimum atomic E-state index is -0.217. The van der Waals surface area contributed by atoms with Gasteiger partial charge in [-0.25, -0.2) is 0 Å². The molecule has 0 spiro atoms. The zero-order valence-corrected chi connectivity index (χ0v) is 14.9. The highest BCUT2D eigenvalue weighted by molar-refractivity contribution is 14.1. The van der Waals surface area contributed by atoms with Gasteiger partial charge in [0, 0.05) is 8.59 Å². The van der Waals surface area contributed by atoms with Gasteiger partial charge in [-0.1, -0.05) is 35.3 Å². The molecule has 2 aromatic rings. The molecule has 100 valence electrons. The van der Waals surface area contributed by atoms with Crippen molar-refractivity contribution in [1.82, 2.24) is 0 Å². The van der Waals surface area contributed by atoms with E-state index in [2.05, 4.69) is 22.6 Å². The average molecular weight is 426 g/mol. The molecular formula is C15H12Cl3I. The molecule has 0 N–H and O–H groups in total. The molecule has 2 rings (SSSR count). The fourth-order valence-electron chi connectivity index (χ4n) is 1.93. The molecule has 2 aromatic carbocycles. The van der Waals surface area contributed by atoms with Gasteiger partial charge < -0.3 is 0 Å². The summed E-state index contributed by atoms with van der Waals surface area (Å²) in [6.45, 7) is 4.00. The highest BCUT2D eigenvalue weighted by atomic mass is 127. The molecule has 0 radical (unpaired) electrons. The summed E-state index contributed by atoms with van der Waals surface area (Å²) in [5.41, 5.74) is 4.19. The minimum Gasteiger partial charge on any atom is -0.113 e. The van der Waals surface area contributed by atoms with Gasteiger partial charge in [-0.3, -0.25) is 0 Å². The van der Waals surface area contributed by atoms with Crippen molar-refractivity contribution in [2.75, 3.05) is 0 Å². The molecule has 1 unspecified atom stereocenters. The maximum atomic E-state index is 6.58. The molecule has 0 saturated heterocycles. The van der Waals surface area contributed by atoms with E-state index in [1.54, 1.807) is 0 Å². The van der Waals surface area contributed by atoms with Crippen LogP contribution in [-0.2, 0) is 0 Å². The number of alkyl halides is 1. The molecule has 0 nitrogen and oxygen atoms in total. The van der Waals surface area contributed by atoms with E-state index in [9.17, 15) is 0 Å². The van der Waals surface area contributed by atoms with Crippen LogP contribution in [0.25, 0.3) is 0 Å². The smallest absolute Gasteiger partial charge is 0.0838 e. The van der Waals surface area contributed by atoms with E-state index in [-0.39, 0.29) is 5.38 Å². The Bertz CT molecular complexity index is 623. The standard InChI is InChI=1S/C15H12Cl3I/c1-8-6-12(16)9(2)5-11(8)15(18)10-3-4-14(19)13(17)7-10/h3-7,15H,1-2H3. The summed E-state index contributed by atoms with van der Waals surface area (Å²) in [6.07, 6.45) is 0. The third-order valence-corrected chi connectivity index (χ3v) is 5.52. The van der Waals surface area contributed by atoms with Crippen LogP contribution in [0.2, 0.25) is 10.0 Å². The lowest BCUT2D eigenvalue weighted by atomic mass is 9.98. The summed E-state index contributed by atoms with van der Waals surface area (Å²) in [5.74, 6) is 0. The summed E-state index contributed by atoms with van der Waals surface area (Å²) in [6, 6.07) is 9.90. The molecule has 0 aliphatic rings. The van der Waals surface area contributed by atoms with Crippen molar-refractivity contribution in [3.8, 4) is 0 Å². The minimum absolute atomic E-state index is 0.217. The van der Waals surface area contributed by atoms with E-state index in [4.69, 9.17) is 34.8 Å². The van der Waals surface area contributed by atoms with Crippen molar-refractivity contribution in [3.05, 3.63) is 66.2 Å². The first-order valence-electron chi connectivity index (χ1n) is 5.76. The summed E-state index contributed by atoms with van der Waals surface area (Å²) in [5, 5.41) is 1.28. The molecule has 0 aromatic heterocycles. The Morgan fingerprint density at radius 3 is 2.26 bits per heavy atom. The van der Waals surface area contributed by atoms with Gasteiger partial charge in [-0.05, 0) is 76.9 Å². The van der Waals surface area contributed by atoms with Gasteiger partial charge in [-0.15, -0.1) is 11.6 Å². The summed E-state index contributed by atoms with van der Waals surface area (Å²) in [7, 11) is 0. The van der Waals surface area contributed by atoms with Crippen molar-refractivity contribution in [1.29, 1.82) is 0 Å². The van der Waals surface area contributed by atoms with Gasteiger partial charge in [0.15, 0.2) is 0 Å². The topological polar surface area (TPSA) is 0 Å². The van der Waals surface area contributed by atoms with Gasteiger partial charge in [-0.2, -0.15) is 0 Å². The van der Waals surface area contributed by atoms with E-state index in [0.29, 0.717) is 0 Å². The van der Waals surface area contributed by atoms with Crippen molar-refractivity contribution in [2.45, 2.75) is 19.2 Å². The van der Waals surface area contributed by atoms with E-state index in [1.165, 1.54) is 0 Å². The number of halogens is 4. The monoisotopic (exact) mass is 424 g/mol. The quantitative estimate of drug-likeness (QED) is 0.378. The molecular weight excluding hydrogens is 413 g/mol. The van der Waals surface area contributed by atoms with Crippen LogP contribution in [0.15, 0.2) is 30.3 Å². The van der Waals surface area contributed by atoms with Crippen LogP contribution in [0.1, 0.15) is 27.6 Å². The van der Waals surface area contributed by atoms with Crippen molar-refractivity contribution >= 4 is 57.4 Å². The number of aryl methyl sites for hydroxylation is 2. The first-order valence-corrected chi connectivity index (χ1v) is 8.03. The van der Waals surface area contributed by atoms with Crippen LogP contribution < -0.4 is 0 Å². The van der Waals surface area contributed by atoms with Gasteiger partial charge in [0.25, 0.3) is 0 Å². The summed E-state index contributed by atoms with van der Waals surface area (Å²) >= 11 is 21.1. The normalized spacial score (nSPS) is 12.5. The fraction of sp³-hybridized carbons (Fsp3) is 0.200. The Labute approximate surface area is 142 Å². The highest BCUT2D eigenvalue weighted by Crippen LogP contribution is 2.35. The molecule has 0 heterocycles. The fourth-order valence-corrected chi connectivity index (χ4v) is 3.04. The predicted octanol–water partition coefficient (Wildman–Crippen LogP) is 6.54. The molecule has 1 atom stereocenters. The van der Waals surface area contributed by atoms with Crippen LogP contribution in [-0.4, -0.2) is 0 Å². The lowest BCUT2D eigenvalue weighted by Crippen LogP contribution is -1.98.